The maximum absolute atomic E-state index is 13.2. The van der Waals surface area contributed by atoms with Crippen LogP contribution in [0.15, 0.2) is 72.0 Å². The summed E-state index contributed by atoms with van der Waals surface area (Å²) in [4.78, 5) is 40.5. The van der Waals surface area contributed by atoms with E-state index < -0.39 is 29.6 Å². The second-order valence-corrected chi connectivity index (χ2v) is 8.32. The Hall–Kier alpha value is -3.61. The van der Waals surface area contributed by atoms with E-state index in [0.717, 1.165) is 30.4 Å². The molecule has 2 aromatic carbocycles. The number of carbonyl (C=O) groups is 3. The molecule has 172 valence electrons. The number of aliphatic hydroxyl groups excluding tert-OH is 1. The van der Waals surface area contributed by atoms with E-state index in [2.05, 4.69) is 0 Å². The largest absolute Gasteiger partial charge is 0.503 e. The average molecular weight is 450 g/mol. The molecule has 1 saturated carbocycles. The van der Waals surface area contributed by atoms with Crippen LogP contribution in [0.3, 0.4) is 0 Å². The van der Waals surface area contributed by atoms with Crippen molar-refractivity contribution in [1.29, 1.82) is 0 Å². The fraction of sp³-hybridized carbons (Fsp3) is 0.346. The summed E-state index contributed by atoms with van der Waals surface area (Å²) in [6.07, 6.45) is 4.28. The molecule has 2 aromatic rings. The molecule has 1 N–H and O–H groups in total. The van der Waals surface area contributed by atoms with E-state index in [0.29, 0.717) is 12.8 Å². The molecule has 1 aliphatic carbocycles. The van der Waals surface area contributed by atoms with E-state index in [1.54, 1.807) is 12.1 Å². The predicted octanol–water partition coefficient (Wildman–Crippen LogP) is 3.83. The zero-order chi connectivity index (χ0) is 23.2. The van der Waals surface area contributed by atoms with Crippen molar-refractivity contribution in [1.82, 2.24) is 4.90 Å². The molecule has 0 spiro atoms. The number of hydrogen-bond acceptors (Lipinski definition) is 6. The molecule has 0 aromatic heterocycles. The van der Waals surface area contributed by atoms with Crippen molar-refractivity contribution < 1.29 is 29.0 Å². The van der Waals surface area contributed by atoms with Gasteiger partial charge in [0.2, 0.25) is 0 Å². The lowest BCUT2D eigenvalue weighted by Gasteiger charge is -2.35. The second kappa shape index (κ2) is 10.3. The van der Waals surface area contributed by atoms with Gasteiger partial charge in [0, 0.05) is 6.04 Å². The molecule has 0 radical (unpaired) electrons. The third kappa shape index (κ3) is 5.08. The van der Waals surface area contributed by atoms with E-state index in [4.69, 9.17) is 9.47 Å². The van der Waals surface area contributed by atoms with Crippen molar-refractivity contribution in [3.8, 4) is 0 Å². The van der Waals surface area contributed by atoms with Crippen LogP contribution in [-0.2, 0) is 37.1 Å². The third-order valence-corrected chi connectivity index (χ3v) is 6.09. The SMILES string of the molecule is O=C(OCc1ccccc1)C1=C(O)C(=O)N(C2CCCCC2)[C@@H]1C(=O)OCc1ccccc1. The molecule has 1 amide bonds. The molecule has 1 heterocycles. The van der Waals surface area contributed by atoms with E-state index in [1.807, 2.05) is 48.5 Å². The van der Waals surface area contributed by atoms with Gasteiger partial charge < -0.3 is 19.5 Å². The Morgan fingerprint density at radius 2 is 1.39 bits per heavy atom. The maximum Gasteiger partial charge on any atom is 0.341 e. The lowest BCUT2D eigenvalue weighted by atomic mass is 9.93. The molecule has 7 nitrogen and oxygen atoms in total. The van der Waals surface area contributed by atoms with Crippen molar-refractivity contribution >= 4 is 17.8 Å². The predicted molar refractivity (Wildman–Crippen MR) is 120 cm³/mol. The lowest BCUT2D eigenvalue weighted by molar-refractivity contribution is -0.156. The Kier molecular flexibility index (Phi) is 7.07. The highest BCUT2D eigenvalue weighted by Crippen LogP contribution is 2.34. The summed E-state index contributed by atoms with van der Waals surface area (Å²) in [5.74, 6) is -3.12. The van der Waals surface area contributed by atoms with Gasteiger partial charge in [-0.05, 0) is 24.0 Å². The van der Waals surface area contributed by atoms with E-state index in [1.165, 1.54) is 4.90 Å². The topological polar surface area (TPSA) is 93.1 Å². The number of rotatable bonds is 7. The number of nitrogens with zero attached hydrogens (tertiary/aromatic N) is 1. The van der Waals surface area contributed by atoms with Gasteiger partial charge in [-0.2, -0.15) is 0 Å². The summed E-state index contributed by atoms with van der Waals surface area (Å²) in [7, 11) is 0. The molecule has 0 unspecified atom stereocenters. The molecule has 33 heavy (non-hydrogen) atoms. The lowest BCUT2D eigenvalue weighted by Crippen LogP contribution is -2.49. The highest BCUT2D eigenvalue weighted by atomic mass is 16.5. The first-order chi connectivity index (χ1) is 16.1. The van der Waals surface area contributed by atoms with Crippen molar-refractivity contribution in [2.75, 3.05) is 0 Å². The minimum absolute atomic E-state index is 0.00399. The number of amides is 1. The van der Waals surface area contributed by atoms with Crippen molar-refractivity contribution in [3.63, 3.8) is 0 Å². The van der Waals surface area contributed by atoms with Crippen LogP contribution >= 0.6 is 0 Å². The zero-order valence-corrected chi connectivity index (χ0v) is 18.3. The monoisotopic (exact) mass is 449 g/mol. The van der Waals surface area contributed by atoms with Gasteiger partial charge in [-0.3, -0.25) is 4.79 Å². The Morgan fingerprint density at radius 3 is 1.97 bits per heavy atom. The zero-order valence-electron chi connectivity index (χ0n) is 18.3. The third-order valence-electron chi connectivity index (χ3n) is 6.09. The number of benzene rings is 2. The van der Waals surface area contributed by atoms with Crippen LogP contribution in [0.1, 0.15) is 43.2 Å². The van der Waals surface area contributed by atoms with E-state index >= 15 is 0 Å². The van der Waals surface area contributed by atoms with Gasteiger partial charge in [-0.25, -0.2) is 9.59 Å². The van der Waals surface area contributed by atoms with E-state index in [9.17, 15) is 19.5 Å². The summed E-state index contributed by atoms with van der Waals surface area (Å²) in [5, 5.41) is 10.6. The van der Waals surface area contributed by atoms with Crippen molar-refractivity contribution in [2.24, 2.45) is 0 Å². The van der Waals surface area contributed by atoms with Crippen LogP contribution < -0.4 is 0 Å². The summed E-state index contributed by atoms with van der Waals surface area (Å²) in [6, 6.07) is 16.6. The van der Waals surface area contributed by atoms with Gasteiger partial charge >= 0.3 is 11.9 Å². The van der Waals surface area contributed by atoms with Crippen molar-refractivity contribution in [2.45, 2.75) is 57.4 Å². The van der Waals surface area contributed by atoms with Gasteiger partial charge in [-0.1, -0.05) is 79.9 Å². The molecular weight excluding hydrogens is 422 g/mol. The Balaban J connectivity index is 1.56. The molecule has 7 heteroatoms. The smallest absolute Gasteiger partial charge is 0.341 e. The maximum atomic E-state index is 13.2. The quantitative estimate of drug-likeness (QED) is 0.646. The van der Waals surface area contributed by atoms with Gasteiger partial charge in [0.05, 0.1) is 0 Å². The van der Waals surface area contributed by atoms with Crippen LogP contribution in [0.4, 0.5) is 0 Å². The first kappa shape index (κ1) is 22.6. The van der Waals surface area contributed by atoms with Crippen molar-refractivity contribution in [3.05, 3.63) is 83.1 Å². The van der Waals surface area contributed by atoms with Crippen LogP contribution in [0, 0.1) is 0 Å². The molecule has 1 atom stereocenters. The Labute approximate surface area is 192 Å². The normalized spacial score (nSPS) is 19.0. The fourth-order valence-electron chi connectivity index (χ4n) is 4.41. The van der Waals surface area contributed by atoms with Crippen LogP contribution in [0.5, 0.6) is 0 Å². The van der Waals surface area contributed by atoms with Gasteiger partial charge in [0.1, 0.15) is 18.8 Å². The Morgan fingerprint density at radius 1 is 0.848 bits per heavy atom. The minimum Gasteiger partial charge on any atom is -0.503 e. The number of aliphatic hydroxyl groups is 1. The summed E-state index contributed by atoms with van der Waals surface area (Å²) >= 11 is 0. The first-order valence-electron chi connectivity index (χ1n) is 11.2. The summed E-state index contributed by atoms with van der Waals surface area (Å²) in [6.45, 7) is -0.0458. The summed E-state index contributed by atoms with van der Waals surface area (Å²) in [5.41, 5.74) is 1.18. The highest BCUT2D eigenvalue weighted by Gasteiger charge is 2.51. The summed E-state index contributed by atoms with van der Waals surface area (Å²) < 4.78 is 10.9. The number of hydrogen-bond donors (Lipinski definition) is 1. The van der Waals surface area contributed by atoms with Gasteiger partial charge in [0.15, 0.2) is 11.8 Å². The van der Waals surface area contributed by atoms with E-state index in [-0.39, 0.29) is 24.8 Å². The van der Waals surface area contributed by atoms with Gasteiger partial charge in [0.25, 0.3) is 5.91 Å². The average Bonchev–Trinajstić information content (AvgIpc) is 3.13. The number of carbonyl (C=O) groups excluding carboxylic acids is 3. The highest BCUT2D eigenvalue weighted by molar-refractivity contribution is 6.11. The van der Waals surface area contributed by atoms with Crippen LogP contribution in [0.2, 0.25) is 0 Å². The fourth-order valence-corrected chi connectivity index (χ4v) is 4.41. The Bertz CT molecular complexity index is 1030. The molecule has 1 fully saturated rings. The van der Waals surface area contributed by atoms with Gasteiger partial charge in [-0.15, -0.1) is 0 Å². The molecule has 0 bridgehead atoms. The molecule has 2 aliphatic rings. The standard InChI is InChI=1S/C26H27NO6/c28-23-21(25(30)32-16-18-10-4-1-5-11-18)22(26(31)33-17-19-12-6-2-7-13-19)27(24(23)29)20-14-8-3-9-15-20/h1-2,4-7,10-13,20,22,28H,3,8-9,14-17H2/t22-/m0/s1. The number of ether oxygens (including phenoxy) is 2. The van der Waals surface area contributed by atoms with Crippen LogP contribution in [-0.4, -0.2) is 39.9 Å². The molecule has 1 aliphatic heterocycles. The molecular formula is C26H27NO6. The minimum atomic E-state index is -1.33. The molecule has 4 rings (SSSR count). The molecule has 0 saturated heterocycles. The number of esters is 2. The van der Waals surface area contributed by atoms with Crippen LogP contribution in [0.25, 0.3) is 0 Å². The first-order valence-corrected chi connectivity index (χ1v) is 11.2. The second-order valence-electron chi connectivity index (χ2n) is 8.32.